The van der Waals surface area contributed by atoms with Gasteiger partial charge >= 0.3 is 0 Å². The van der Waals surface area contributed by atoms with Crippen LogP contribution in [0.1, 0.15) is 28.9 Å². The number of carbonyl (C=O) groups is 2. The third-order valence-electron chi connectivity index (χ3n) is 2.90. The van der Waals surface area contributed by atoms with Crippen LogP contribution in [0.5, 0.6) is 0 Å². The van der Waals surface area contributed by atoms with Crippen molar-refractivity contribution in [2.24, 2.45) is 5.73 Å². The Kier molecular flexibility index (Phi) is 2.64. The Morgan fingerprint density at radius 1 is 1.62 bits per heavy atom. The van der Waals surface area contributed by atoms with Crippen molar-refractivity contribution >= 4 is 11.8 Å². The van der Waals surface area contributed by atoms with Crippen molar-refractivity contribution in [3.8, 4) is 0 Å². The van der Waals surface area contributed by atoms with Crippen molar-refractivity contribution in [2.45, 2.75) is 25.8 Å². The van der Waals surface area contributed by atoms with Crippen LogP contribution in [0.15, 0.2) is 6.20 Å². The maximum absolute atomic E-state index is 12.1. The highest BCUT2D eigenvalue weighted by Crippen LogP contribution is 2.20. The van der Waals surface area contributed by atoms with Gasteiger partial charge in [-0.05, 0) is 19.8 Å². The predicted octanol–water partition coefficient (Wildman–Crippen LogP) is -0.192. The van der Waals surface area contributed by atoms with Crippen LogP contribution < -0.4 is 5.73 Å². The molecule has 2 amide bonds. The van der Waals surface area contributed by atoms with Crippen molar-refractivity contribution in [3.63, 3.8) is 0 Å². The SMILES string of the molecule is Cc1[nH]ncc1C(=O)N1CCCC1C(N)=O. The molecule has 86 valence electrons. The van der Waals surface area contributed by atoms with Gasteiger partial charge in [0.05, 0.1) is 11.8 Å². The molecule has 2 rings (SSSR count). The summed E-state index contributed by atoms with van der Waals surface area (Å²) >= 11 is 0. The molecular weight excluding hydrogens is 208 g/mol. The van der Waals surface area contributed by atoms with Gasteiger partial charge in [-0.15, -0.1) is 0 Å². The van der Waals surface area contributed by atoms with Crippen LogP contribution in [-0.2, 0) is 4.79 Å². The normalized spacial score (nSPS) is 20.1. The van der Waals surface area contributed by atoms with E-state index < -0.39 is 11.9 Å². The zero-order valence-electron chi connectivity index (χ0n) is 9.06. The number of hydrogen-bond donors (Lipinski definition) is 2. The number of aryl methyl sites for hydroxylation is 1. The molecular formula is C10H14N4O2. The molecule has 6 heteroatoms. The minimum Gasteiger partial charge on any atom is -0.368 e. The van der Waals surface area contributed by atoms with Crippen LogP contribution in [0.3, 0.4) is 0 Å². The average Bonchev–Trinajstić information content (AvgIpc) is 2.84. The number of H-pyrrole nitrogens is 1. The van der Waals surface area contributed by atoms with Gasteiger partial charge in [0.2, 0.25) is 5.91 Å². The van der Waals surface area contributed by atoms with E-state index in [1.807, 2.05) is 0 Å². The molecule has 0 saturated carbocycles. The van der Waals surface area contributed by atoms with E-state index in [-0.39, 0.29) is 5.91 Å². The number of carbonyl (C=O) groups excluding carboxylic acids is 2. The Morgan fingerprint density at radius 2 is 2.38 bits per heavy atom. The van der Waals surface area contributed by atoms with Gasteiger partial charge < -0.3 is 10.6 Å². The topological polar surface area (TPSA) is 92.1 Å². The summed E-state index contributed by atoms with van der Waals surface area (Å²) < 4.78 is 0. The van der Waals surface area contributed by atoms with Gasteiger partial charge in [0.15, 0.2) is 0 Å². The molecule has 1 aliphatic rings. The zero-order chi connectivity index (χ0) is 11.7. The number of primary amides is 1. The fraction of sp³-hybridized carbons (Fsp3) is 0.500. The van der Waals surface area contributed by atoms with Gasteiger partial charge in [0.1, 0.15) is 6.04 Å². The minimum absolute atomic E-state index is 0.174. The third-order valence-corrected chi connectivity index (χ3v) is 2.90. The lowest BCUT2D eigenvalue weighted by atomic mass is 10.2. The number of nitrogens with two attached hydrogens (primary N) is 1. The zero-order valence-corrected chi connectivity index (χ0v) is 9.06. The first-order valence-corrected chi connectivity index (χ1v) is 5.21. The Hall–Kier alpha value is -1.85. The van der Waals surface area contributed by atoms with Crippen molar-refractivity contribution in [3.05, 3.63) is 17.5 Å². The van der Waals surface area contributed by atoms with Gasteiger partial charge in [-0.2, -0.15) is 5.10 Å². The number of nitrogens with zero attached hydrogens (tertiary/aromatic N) is 2. The molecule has 1 aromatic heterocycles. The van der Waals surface area contributed by atoms with Gasteiger partial charge in [0.25, 0.3) is 5.91 Å². The van der Waals surface area contributed by atoms with Crippen LogP contribution in [0.25, 0.3) is 0 Å². The van der Waals surface area contributed by atoms with E-state index in [2.05, 4.69) is 10.2 Å². The van der Waals surface area contributed by atoms with Crippen LogP contribution in [0.2, 0.25) is 0 Å². The number of hydrogen-bond acceptors (Lipinski definition) is 3. The fourth-order valence-electron chi connectivity index (χ4n) is 2.03. The first kappa shape index (κ1) is 10.7. The van der Waals surface area contributed by atoms with Crippen molar-refractivity contribution in [2.75, 3.05) is 6.54 Å². The highest BCUT2D eigenvalue weighted by molar-refractivity contribution is 5.98. The molecule has 6 nitrogen and oxygen atoms in total. The van der Waals surface area contributed by atoms with Crippen molar-refractivity contribution in [1.29, 1.82) is 0 Å². The Labute approximate surface area is 92.8 Å². The number of aromatic amines is 1. The van der Waals surface area contributed by atoms with Crippen LogP contribution in [-0.4, -0.2) is 39.5 Å². The van der Waals surface area contributed by atoms with E-state index in [9.17, 15) is 9.59 Å². The molecule has 3 N–H and O–H groups in total. The summed E-state index contributed by atoms with van der Waals surface area (Å²) in [4.78, 5) is 24.8. The lowest BCUT2D eigenvalue weighted by molar-refractivity contribution is -0.121. The lowest BCUT2D eigenvalue weighted by Crippen LogP contribution is -2.43. The molecule has 1 saturated heterocycles. The molecule has 0 aromatic carbocycles. The molecule has 1 atom stereocenters. The maximum Gasteiger partial charge on any atom is 0.257 e. The minimum atomic E-state index is -0.471. The monoisotopic (exact) mass is 222 g/mol. The smallest absolute Gasteiger partial charge is 0.257 e. The Bertz CT molecular complexity index is 426. The molecule has 0 radical (unpaired) electrons. The standard InChI is InChI=1S/C10H14N4O2/c1-6-7(5-12-13-6)10(16)14-4-2-3-8(14)9(11)15/h5,8H,2-4H2,1H3,(H2,11,15)(H,12,13). The number of aromatic nitrogens is 2. The largest absolute Gasteiger partial charge is 0.368 e. The predicted molar refractivity (Wildman–Crippen MR) is 56.6 cm³/mol. The first-order valence-electron chi connectivity index (χ1n) is 5.21. The number of likely N-dealkylation sites (tertiary alicyclic amines) is 1. The fourth-order valence-corrected chi connectivity index (χ4v) is 2.03. The molecule has 1 aromatic rings. The van der Waals surface area contributed by atoms with Crippen LogP contribution >= 0.6 is 0 Å². The molecule has 0 spiro atoms. The second-order valence-corrected chi connectivity index (χ2v) is 3.97. The van der Waals surface area contributed by atoms with E-state index in [4.69, 9.17) is 5.73 Å². The quantitative estimate of drug-likeness (QED) is 0.726. The Morgan fingerprint density at radius 3 is 2.94 bits per heavy atom. The van der Waals surface area contributed by atoms with E-state index in [0.717, 1.165) is 6.42 Å². The van der Waals surface area contributed by atoms with E-state index in [1.165, 1.54) is 11.1 Å². The number of amides is 2. The molecule has 0 bridgehead atoms. The van der Waals surface area contributed by atoms with Gasteiger partial charge in [0, 0.05) is 12.2 Å². The summed E-state index contributed by atoms with van der Waals surface area (Å²) in [6.45, 7) is 2.35. The first-order chi connectivity index (χ1) is 7.61. The number of nitrogens with one attached hydrogen (secondary N) is 1. The highest BCUT2D eigenvalue weighted by Gasteiger charge is 2.33. The van der Waals surface area contributed by atoms with Crippen LogP contribution in [0, 0.1) is 6.92 Å². The van der Waals surface area contributed by atoms with Crippen LogP contribution in [0.4, 0.5) is 0 Å². The van der Waals surface area contributed by atoms with Gasteiger partial charge in [-0.3, -0.25) is 14.7 Å². The van der Waals surface area contributed by atoms with E-state index >= 15 is 0 Å². The maximum atomic E-state index is 12.1. The summed E-state index contributed by atoms with van der Waals surface area (Å²) in [6, 6.07) is -0.471. The summed E-state index contributed by atoms with van der Waals surface area (Å²) in [6.07, 6.45) is 2.95. The summed E-state index contributed by atoms with van der Waals surface area (Å²) in [5, 5.41) is 6.50. The summed E-state index contributed by atoms with van der Waals surface area (Å²) in [5.74, 6) is -0.612. The van der Waals surface area contributed by atoms with Gasteiger partial charge in [-0.1, -0.05) is 0 Å². The molecule has 1 unspecified atom stereocenters. The third kappa shape index (κ3) is 1.66. The molecule has 1 aliphatic heterocycles. The second kappa shape index (κ2) is 3.96. The lowest BCUT2D eigenvalue weighted by Gasteiger charge is -2.21. The average molecular weight is 222 g/mol. The van der Waals surface area contributed by atoms with Crippen molar-refractivity contribution < 1.29 is 9.59 Å². The molecule has 16 heavy (non-hydrogen) atoms. The van der Waals surface area contributed by atoms with E-state index in [1.54, 1.807) is 6.92 Å². The molecule has 0 aliphatic carbocycles. The number of rotatable bonds is 2. The van der Waals surface area contributed by atoms with Gasteiger partial charge in [-0.25, -0.2) is 0 Å². The van der Waals surface area contributed by atoms with Crippen molar-refractivity contribution in [1.82, 2.24) is 15.1 Å². The highest BCUT2D eigenvalue weighted by atomic mass is 16.2. The second-order valence-electron chi connectivity index (χ2n) is 3.97. The summed E-state index contributed by atoms with van der Waals surface area (Å²) in [7, 11) is 0. The Balaban J connectivity index is 2.22. The summed E-state index contributed by atoms with van der Waals surface area (Å²) in [5.41, 5.74) is 6.48. The molecule has 2 heterocycles. The van der Waals surface area contributed by atoms with E-state index in [0.29, 0.717) is 24.2 Å². The molecule has 1 fully saturated rings.